The first-order valence-electron chi connectivity index (χ1n) is 8.08. The minimum Gasteiger partial charge on any atom is -0.507 e. The molecule has 0 aliphatic carbocycles. The predicted octanol–water partition coefficient (Wildman–Crippen LogP) is 2.84. The van der Waals surface area contributed by atoms with Crippen LogP contribution in [0.25, 0.3) is 0 Å². The van der Waals surface area contributed by atoms with E-state index in [1.807, 2.05) is 0 Å². The van der Waals surface area contributed by atoms with E-state index in [-0.39, 0.29) is 52.3 Å². The highest BCUT2D eigenvalue weighted by Crippen LogP contribution is 2.56. The third-order valence-electron chi connectivity index (χ3n) is 4.40. The topological polar surface area (TPSA) is 104 Å². The first kappa shape index (κ1) is 18.5. The Labute approximate surface area is 155 Å². The summed E-state index contributed by atoms with van der Waals surface area (Å²) >= 11 is 0. The van der Waals surface area contributed by atoms with Gasteiger partial charge in [-0.15, -0.1) is 0 Å². The largest absolute Gasteiger partial charge is 0.507 e. The summed E-state index contributed by atoms with van der Waals surface area (Å²) in [6.45, 7) is 0. The maximum Gasteiger partial charge on any atom is 0.211 e. The lowest BCUT2D eigenvalue weighted by Gasteiger charge is -2.29. The lowest BCUT2D eigenvalue weighted by atomic mass is 9.94. The number of fused-ring (bicyclic) bond motifs is 1. The summed E-state index contributed by atoms with van der Waals surface area (Å²) in [7, 11) is 5.59. The highest BCUT2D eigenvalue weighted by atomic mass is 16.6. The molecule has 8 heteroatoms. The lowest BCUT2D eigenvalue weighted by Crippen LogP contribution is -2.21. The fraction of sp³-hybridized carbons (Fsp3) is 0.316. The standard InChI is InChI=1S/C19H20O8/c1-23-9-5-6-10(11(20)7-9)13-8-12(21)14-15(22)17(24-2)19(26-4)18(25-3)16(14)27-13/h5-7,13,20,22H,8H2,1-4H3. The van der Waals surface area contributed by atoms with Gasteiger partial charge in [0, 0.05) is 11.6 Å². The van der Waals surface area contributed by atoms with Gasteiger partial charge in [-0.1, -0.05) is 0 Å². The average Bonchev–Trinajstić information content (AvgIpc) is 2.66. The minimum atomic E-state index is -0.776. The number of Topliss-reactive ketones (excluding diaryl/α,β-unsaturated/α-hetero) is 1. The van der Waals surface area contributed by atoms with Gasteiger partial charge in [-0.2, -0.15) is 0 Å². The Morgan fingerprint density at radius 3 is 2.19 bits per heavy atom. The molecule has 8 nitrogen and oxygen atoms in total. The third-order valence-corrected chi connectivity index (χ3v) is 4.40. The summed E-state index contributed by atoms with van der Waals surface area (Å²) in [5.74, 6) is -0.128. The molecule has 1 aliphatic heterocycles. The van der Waals surface area contributed by atoms with Gasteiger partial charge in [0.1, 0.15) is 23.2 Å². The number of hydrogen-bond donors (Lipinski definition) is 2. The second-order valence-electron chi connectivity index (χ2n) is 5.81. The van der Waals surface area contributed by atoms with Crippen LogP contribution in [0.3, 0.4) is 0 Å². The van der Waals surface area contributed by atoms with Crippen LogP contribution < -0.4 is 23.7 Å². The van der Waals surface area contributed by atoms with Crippen molar-refractivity contribution < 1.29 is 38.7 Å². The Morgan fingerprint density at radius 1 is 0.963 bits per heavy atom. The molecular weight excluding hydrogens is 356 g/mol. The first-order chi connectivity index (χ1) is 13.0. The normalized spacial score (nSPS) is 15.6. The van der Waals surface area contributed by atoms with E-state index in [4.69, 9.17) is 23.7 Å². The fourth-order valence-electron chi connectivity index (χ4n) is 3.13. The molecule has 0 fully saturated rings. The number of aromatic hydroxyl groups is 2. The van der Waals surface area contributed by atoms with Crippen molar-refractivity contribution in [3.05, 3.63) is 29.3 Å². The van der Waals surface area contributed by atoms with Crippen molar-refractivity contribution >= 4 is 5.78 Å². The van der Waals surface area contributed by atoms with Crippen LogP contribution in [0.4, 0.5) is 0 Å². The Bertz CT molecular complexity index is 890. The molecule has 2 aromatic carbocycles. The third kappa shape index (κ3) is 2.92. The average molecular weight is 376 g/mol. The molecule has 0 saturated heterocycles. The summed E-state index contributed by atoms with van der Waals surface area (Å²) < 4.78 is 26.8. The molecule has 27 heavy (non-hydrogen) atoms. The smallest absolute Gasteiger partial charge is 0.211 e. The molecule has 1 unspecified atom stereocenters. The first-order valence-corrected chi connectivity index (χ1v) is 8.08. The highest BCUT2D eigenvalue weighted by molar-refractivity contribution is 6.05. The number of phenols is 2. The number of benzene rings is 2. The van der Waals surface area contributed by atoms with Gasteiger partial charge in [0.15, 0.2) is 17.3 Å². The van der Waals surface area contributed by atoms with Gasteiger partial charge in [-0.25, -0.2) is 0 Å². The Morgan fingerprint density at radius 2 is 1.63 bits per heavy atom. The monoisotopic (exact) mass is 376 g/mol. The van der Waals surface area contributed by atoms with Crippen LogP contribution in [0.5, 0.6) is 40.2 Å². The quantitative estimate of drug-likeness (QED) is 0.821. The summed E-state index contributed by atoms with van der Waals surface area (Å²) in [4.78, 5) is 12.8. The predicted molar refractivity (Wildman–Crippen MR) is 94.7 cm³/mol. The van der Waals surface area contributed by atoms with E-state index < -0.39 is 6.10 Å². The van der Waals surface area contributed by atoms with Gasteiger partial charge in [0.2, 0.25) is 17.2 Å². The van der Waals surface area contributed by atoms with Crippen LogP contribution >= 0.6 is 0 Å². The van der Waals surface area contributed by atoms with E-state index in [2.05, 4.69) is 0 Å². The van der Waals surface area contributed by atoms with Crippen LogP contribution in [0.2, 0.25) is 0 Å². The van der Waals surface area contributed by atoms with Crippen molar-refractivity contribution in [1.29, 1.82) is 0 Å². The number of ether oxygens (including phenoxy) is 5. The summed E-state index contributed by atoms with van der Waals surface area (Å²) in [5.41, 5.74) is 0.361. The lowest BCUT2D eigenvalue weighted by molar-refractivity contribution is 0.0831. The zero-order valence-corrected chi connectivity index (χ0v) is 15.4. The number of phenolic OH excluding ortho intramolecular Hbond substituents is 2. The maximum atomic E-state index is 12.8. The van der Waals surface area contributed by atoms with E-state index in [0.29, 0.717) is 11.3 Å². The van der Waals surface area contributed by atoms with E-state index >= 15 is 0 Å². The molecule has 2 N–H and O–H groups in total. The van der Waals surface area contributed by atoms with Crippen molar-refractivity contribution in [2.24, 2.45) is 0 Å². The molecule has 2 aromatic rings. The summed E-state index contributed by atoms with van der Waals surface area (Å²) in [6, 6.07) is 4.70. The molecule has 1 atom stereocenters. The van der Waals surface area contributed by atoms with Gasteiger partial charge in [0.05, 0.1) is 34.9 Å². The Hall–Kier alpha value is -3.29. The van der Waals surface area contributed by atoms with Crippen molar-refractivity contribution in [1.82, 2.24) is 0 Å². The molecule has 0 bridgehead atoms. The second-order valence-corrected chi connectivity index (χ2v) is 5.81. The van der Waals surface area contributed by atoms with Crippen molar-refractivity contribution in [3.8, 4) is 40.2 Å². The zero-order valence-electron chi connectivity index (χ0n) is 15.4. The van der Waals surface area contributed by atoms with E-state index in [1.165, 1.54) is 34.5 Å². The number of carbonyl (C=O) groups excluding carboxylic acids is 1. The van der Waals surface area contributed by atoms with Crippen LogP contribution in [-0.2, 0) is 0 Å². The molecule has 144 valence electrons. The van der Waals surface area contributed by atoms with Crippen molar-refractivity contribution in [2.45, 2.75) is 12.5 Å². The van der Waals surface area contributed by atoms with Gasteiger partial charge in [0.25, 0.3) is 0 Å². The number of carbonyl (C=O) groups is 1. The molecule has 0 aromatic heterocycles. The Balaban J connectivity index is 2.14. The van der Waals surface area contributed by atoms with Crippen LogP contribution in [-0.4, -0.2) is 44.4 Å². The van der Waals surface area contributed by atoms with Crippen molar-refractivity contribution in [2.75, 3.05) is 28.4 Å². The van der Waals surface area contributed by atoms with E-state index in [1.54, 1.807) is 12.1 Å². The SMILES string of the molecule is COc1ccc(C2CC(=O)c3c(O)c(OC)c(OC)c(OC)c3O2)c(O)c1. The molecule has 1 heterocycles. The van der Waals surface area contributed by atoms with Crippen LogP contribution in [0.15, 0.2) is 18.2 Å². The van der Waals surface area contributed by atoms with Crippen molar-refractivity contribution in [3.63, 3.8) is 0 Å². The van der Waals surface area contributed by atoms with Crippen LogP contribution in [0.1, 0.15) is 28.4 Å². The fourth-order valence-corrected chi connectivity index (χ4v) is 3.13. The molecular formula is C19H20O8. The molecule has 0 saturated carbocycles. The molecule has 0 spiro atoms. The number of methoxy groups -OCH3 is 4. The molecule has 3 rings (SSSR count). The van der Waals surface area contributed by atoms with Gasteiger partial charge in [-0.3, -0.25) is 4.79 Å². The molecule has 0 amide bonds. The highest BCUT2D eigenvalue weighted by Gasteiger charge is 2.38. The van der Waals surface area contributed by atoms with Gasteiger partial charge >= 0.3 is 0 Å². The number of ketones is 1. The molecule has 1 aliphatic rings. The zero-order chi connectivity index (χ0) is 19.7. The summed E-state index contributed by atoms with van der Waals surface area (Å²) in [5, 5.41) is 20.8. The molecule has 0 radical (unpaired) electrons. The Kier molecular flexibility index (Phi) is 4.89. The second kappa shape index (κ2) is 7.14. The maximum absolute atomic E-state index is 12.8. The minimum absolute atomic E-state index is 0.0178. The number of hydrogen-bond acceptors (Lipinski definition) is 8. The van der Waals surface area contributed by atoms with Crippen LogP contribution in [0, 0.1) is 0 Å². The van der Waals surface area contributed by atoms with Gasteiger partial charge < -0.3 is 33.9 Å². The van der Waals surface area contributed by atoms with E-state index in [9.17, 15) is 15.0 Å². The summed E-state index contributed by atoms with van der Waals surface area (Å²) in [6.07, 6.45) is -0.860. The number of rotatable bonds is 5. The van der Waals surface area contributed by atoms with Gasteiger partial charge in [-0.05, 0) is 12.1 Å². The van der Waals surface area contributed by atoms with E-state index in [0.717, 1.165) is 0 Å².